The van der Waals surface area contributed by atoms with Gasteiger partial charge >= 0.3 is 0 Å². The molecule has 0 fully saturated rings. The van der Waals surface area contributed by atoms with E-state index in [1.165, 1.54) is 11.1 Å². The molecule has 0 aromatic heterocycles. The third-order valence-electron chi connectivity index (χ3n) is 3.32. The van der Waals surface area contributed by atoms with E-state index in [4.69, 9.17) is 9.98 Å². The zero-order chi connectivity index (χ0) is 15.6. The number of hydrogen-bond acceptors (Lipinski definition) is 2. The Balaban J connectivity index is 2.43. The maximum absolute atomic E-state index is 4.78. The predicted molar refractivity (Wildman–Crippen MR) is 105 cm³/mol. The molecule has 0 N–H and O–H groups in total. The van der Waals surface area contributed by atoms with Gasteiger partial charge in [-0.3, -0.25) is 9.98 Å². The van der Waals surface area contributed by atoms with Gasteiger partial charge < -0.3 is 0 Å². The van der Waals surface area contributed by atoms with Gasteiger partial charge in [-0.15, -0.1) is 18.5 Å². The molecule has 4 atom stereocenters. The van der Waals surface area contributed by atoms with E-state index < -0.39 is 0 Å². The van der Waals surface area contributed by atoms with Crippen LogP contribution in [0, 0.1) is 0 Å². The molecular weight excluding hydrogens is 306 g/mol. The molecule has 2 rings (SSSR count). The quantitative estimate of drug-likeness (QED) is 0.533. The minimum Gasteiger partial charge on any atom is -0.286 e. The van der Waals surface area contributed by atoms with Crippen LogP contribution in [0.15, 0.2) is 70.6 Å². The molecule has 114 valence electrons. The summed E-state index contributed by atoms with van der Waals surface area (Å²) in [4.78, 5) is 9.55. The van der Waals surface area contributed by atoms with E-state index in [1.54, 1.807) is 0 Å². The summed E-state index contributed by atoms with van der Waals surface area (Å²) in [6.45, 7) is 0. The number of nitrogens with zero attached hydrogens (tertiary/aromatic N) is 2. The van der Waals surface area contributed by atoms with Gasteiger partial charge in [0.15, 0.2) is 0 Å². The van der Waals surface area contributed by atoms with Gasteiger partial charge in [-0.2, -0.15) is 0 Å². The Hall–Kier alpha value is -1.36. The second-order valence-electron chi connectivity index (χ2n) is 4.85. The lowest BCUT2D eigenvalue weighted by atomic mass is 9.94. The SMILES string of the molecule is PCC=N[C@@H](c1ccccc1)[C@@H](N=CCP)c1ccccc1. The summed E-state index contributed by atoms with van der Waals surface area (Å²) in [6, 6.07) is 20.8. The van der Waals surface area contributed by atoms with E-state index in [2.05, 4.69) is 67.0 Å². The van der Waals surface area contributed by atoms with Crippen LogP contribution in [0.4, 0.5) is 0 Å². The summed E-state index contributed by atoms with van der Waals surface area (Å²) in [7, 11) is 5.38. The summed E-state index contributed by atoms with van der Waals surface area (Å²) < 4.78 is 0. The molecule has 4 heteroatoms. The average molecular weight is 328 g/mol. The molecular formula is C18H22N2P2. The second-order valence-corrected chi connectivity index (χ2v) is 5.79. The van der Waals surface area contributed by atoms with Crippen molar-refractivity contribution in [2.75, 3.05) is 12.3 Å². The number of aliphatic imine (C=N–C) groups is 2. The number of hydrogen-bond donors (Lipinski definition) is 0. The molecule has 2 aromatic carbocycles. The van der Waals surface area contributed by atoms with E-state index >= 15 is 0 Å². The molecule has 0 aliphatic rings. The van der Waals surface area contributed by atoms with Crippen molar-refractivity contribution in [1.82, 2.24) is 0 Å². The number of rotatable bonds is 7. The lowest BCUT2D eigenvalue weighted by Crippen LogP contribution is -2.09. The van der Waals surface area contributed by atoms with Gasteiger partial charge in [-0.1, -0.05) is 60.7 Å². The van der Waals surface area contributed by atoms with E-state index in [0.717, 1.165) is 12.3 Å². The van der Waals surface area contributed by atoms with Crippen LogP contribution in [-0.2, 0) is 0 Å². The summed E-state index contributed by atoms with van der Waals surface area (Å²) in [5.41, 5.74) is 2.37. The average Bonchev–Trinajstić information content (AvgIpc) is 2.59. The van der Waals surface area contributed by atoms with Gasteiger partial charge in [0, 0.05) is 12.4 Å². The highest BCUT2D eigenvalue weighted by atomic mass is 31.0. The molecule has 22 heavy (non-hydrogen) atoms. The Bertz CT molecular complexity index is 541. The Morgan fingerprint density at radius 3 is 1.36 bits per heavy atom. The zero-order valence-electron chi connectivity index (χ0n) is 12.5. The fourth-order valence-corrected chi connectivity index (χ4v) is 2.59. The van der Waals surface area contributed by atoms with Crippen molar-refractivity contribution < 1.29 is 0 Å². The van der Waals surface area contributed by atoms with Crippen LogP contribution in [0.3, 0.4) is 0 Å². The Morgan fingerprint density at radius 1 is 0.682 bits per heavy atom. The summed E-state index contributed by atoms with van der Waals surface area (Å²) >= 11 is 0. The molecule has 2 unspecified atom stereocenters. The Kier molecular flexibility index (Phi) is 7.43. The standard InChI is InChI=1S/C18H22N2P2/c21-13-11-19-17(15-7-3-1-4-8-15)18(20-12-14-22)16-9-5-2-6-10-16/h1-12,17-18H,13-14,21-22H2/t17-,18-/m0/s1. The molecule has 0 saturated carbocycles. The predicted octanol–water partition coefficient (Wildman–Crippen LogP) is 4.36. The van der Waals surface area contributed by atoms with Crippen molar-refractivity contribution in [2.45, 2.75) is 12.1 Å². The van der Waals surface area contributed by atoms with Crippen molar-refractivity contribution in [2.24, 2.45) is 9.98 Å². The smallest absolute Gasteiger partial charge is 0.101 e. The monoisotopic (exact) mass is 328 g/mol. The highest BCUT2D eigenvalue weighted by molar-refractivity contribution is 7.18. The van der Waals surface area contributed by atoms with Crippen LogP contribution in [0.25, 0.3) is 0 Å². The molecule has 0 bridgehead atoms. The van der Waals surface area contributed by atoms with Crippen molar-refractivity contribution in [3.63, 3.8) is 0 Å². The van der Waals surface area contributed by atoms with Crippen LogP contribution >= 0.6 is 18.5 Å². The molecule has 0 aliphatic carbocycles. The van der Waals surface area contributed by atoms with Crippen LogP contribution in [0.5, 0.6) is 0 Å². The highest BCUT2D eigenvalue weighted by Crippen LogP contribution is 2.35. The molecule has 2 aromatic rings. The zero-order valence-corrected chi connectivity index (χ0v) is 14.9. The van der Waals surface area contributed by atoms with Gasteiger partial charge in [0.25, 0.3) is 0 Å². The topological polar surface area (TPSA) is 24.7 Å². The molecule has 0 radical (unpaired) electrons. The third kappa shape index (κ3) is 4.83. The summed E-state index contributed by atoms with van der Waals surface area (Å²) in [6.07, 6.45) is 5.60. The van der Waals surface area contributed by atoms with Crippen LogP contribution in [-0.4, -0.2) is 24.8 Å². The maximum atomic E-state index is 4.78. The van der Waals surface area contributed by atoms with Crippen molar-refractivity contribution in [3.05, 3.63) is 71.8 Å². The molecule has 0 heterocycles. The van der Waals surface area contributed by atoms with E-state index in [-0.39, 0.29) is 12.1 Å². The van der Waals surface area contributed by atoms with Crippen LogP contribution in [0.1, 0.15) is 23.2 Å². The molecule has 0 amide bonds. The fraction of sp³-hybridized carbons (Fsp3) is 0.222. The van der Waals surface area contributed by atoms with Gasteiger partial charge in [-0.05, 0) is 23.5 Å². The second kappa shape index (κ2) is 9.62. The Morgan fingerprint density at radius 2 is 1.05 bits per heavy atom. The molecule has 2 nitrogen and oxygen atoms in total. The van der Waals surface area contributed by atoms with Crippen LogP contribution < -0.4 is 0 Å². The van der Waals surface area contributed by atoms with E-state index in [1.807, 2.05) is 24.6 Å². The Labute approximate surface area is 137 Å². The number of benzene rings is 2. The molecule has 0 saturated heterocycles. The largest absolute Gasteiger partial charge is 0.286 e. The molecule has 0 aliphatic heterocycles. The fourth-order valence-electron chi connectivity index (χ4n) is 2.35. The first kappa shape index (κ1) is 17.0. The first-order valence-electron chi connectivity index (χ1n) is 7.40. The lowest BCUT2D eigenvalue weighted by Gasteiger charge is -2.22. The normalized spacial score (nSPS) is 14.5. The van der Waals surface area contributed by atoms with Crippen molar-refractivity contribution in [3.8, 4) is 0 Å². The van der Waals surface area contributed by atoms with Crippen molar-refractivity contribution in [1.29, 1.82) is 0 Å². The lowest BCUT2D eigenvalue weighted by molar-refractivity contribution is 0.583. The van der Waals surface area contributed by atoms with Gasteiger partial charge in [-0.25, -0.2) is 0 Å². The van der Waals surface area contributed by atoms with Crippen LogP contribution in [0.2, 0.25) is 0 Å². The first-order valence-corrected chi connectivity index (χ1v) is 9.03. The van der Waals surface area contributed by atoms with E-state index in [0.29, 0.717) is 0 Å². The first-order chi connectivity index (χ1) is 10.9. The van der Waals surface area contributed by atoms with Gasteiger partial charge in [0.1, 0.15) is 12.1 Å². The molecule has 0 spiro atoms. The van der Waals surface area contributed by atoms with E-state index in [9.17, 15) is 0 Å². The maximum Gasteiger partial charge on any atom is 0.101 e. The highest BCUT2D eigenvalue weighted by Gasteiger charge is 2.22. The summed E-state index contributed by atoms with van der Waals surface area (Å²) in [5.74, 6) is 0. The minimum absolute atomic E-state index is 0.00282. The summed E-state index contributed by atoms with van der Waals surface area (Å²) in [5, 5.41) is 0. The van der Waals surface area contributed by atoms with Gasteiger partial charge in [0.05, 0.1) is 0 Å². The minimum atomic E-state index is -0.00282. The van der Waals surface area contributed by atoms with Crippen molar-refractivity contribution >= 4 is 30.9 Å². The third-order valence-corrected chi connectivity index (χ3v) is 3.75. The van der Waals surface area contributed by atoms with Gasteiger partial charge in [0.2, 0.25) is 0 Å².